The minimum atomic E-state index is 0.492. The van der Waals surface area contributed by atoms with E-state index in [1.807, 2.05) is 12.3 Å². The molecule has 0 aromatic carbocycles. The number of hydrogen-bond acceptors (Lipinski definition) is 3. The van der Waals surface area contributed by atoms with Crippen LogP contribution in [0.2, 0.25) is 0 Å². The molecule has 0 bridgehead atoms. The summed E-state index contributed by atoms with van der Waals surface area (Å²) in [5.74, 6) is 1.13. The van der Waals surface area contributed by atoms with Crippen LogP contribution >= 0.6 is 0 Å². The summed E-state index contributed by atoms with van der Waals surface area (Å²) in [6.07, 6.45) is 5.74. The standard InChI is InChI=1S/C13H21N3/c1-3-16(2)13-11(7-6-10-15-13)12-8-4-5-9-14-12/h6-7,10,12,14H,3-5,8-9H2,1-2H3. The zero-order valence-electron chi connectivity index (χ0n) is 10.2. The molecule has 2 rings (SSSR count). The maximum atomic E-state index is 4.51. The van der Waals surface area contributed by atoms with Gasteiger partial charge in [0.25, 0.3) is 0 Å². The Hall–Kier alpha value is -1.09. The molecule has 0 amide bonds. The lowest BCUT2D eigenvalue weighted by Gasteiger charge is -2.28. The van der Waals surface area contributed by atoms with Gasteiger partial charge in [0.2, 0.25) is 0 Å². The van der Waals surface area contributed by atoms with E-state index in [0.29, 0.717) is 6.04 Å². The highest BCUT2D eigenvalue weighted by atomic mass is 15.2. The number of hydrogen-bond donors (Lipinski definition) is 1. The van der Waals surface area contributed by atoms with Gasteiger partial charge in [-0.2, -0.15) is 0 Å². The maximum Gasteiger partial charge on any atom is 0.133 e. The number of piperidine rings is 1. The summed E-state index contributed by atoms with van der Waals surface area (Å²) in [6, 6.07) is 4.74. The van der Waals surface area contributed by atoms with E-state index >= 15 is 0 Å². The Morgan fingerprint density at radius 2 is 2.38 bits per heavy atom. The molecule has 1 aliphatic rings. The lowest BCUT2D eigenvalue weighted by atomic mass is 9.98. The molecule has 88 valence electrons. The first-order chi connectivity index (χ1) is 7.83. The number of pyridine rings is 1. The zero-order valence-corrected chi connectivity index (χ0v) is 10.2. The Morgan fingerprint density at radius 3 is 3.06 bits per heavy atom. The quantitative estimate of drug-likeness (QED) is 0.846. The predicted molar refractivity (Wildman–Crippen MR) is 67.8 cm³/mol. The van der Waals surface area contributed by atoms with Crippen LogP contribution in [-0.4, -0.2) is 25.1 Å². The second-order valence-electron chi connectivity index (χ2n) is 4.43. The van der Waals surface area contributed by atoms with Crippen LogP contribution in [0.1, 0.15) is 37.8 Å². The van der Waals surface area contributed by atoms with E-state index in [-0.39, 0.29) is 0 Å². The van der Waals surface area contributed by atoms with Gasteiger partial charge < -0.3 is 10.2 Å². The molecule has 0 saturated carbocycles. The molecule has 16 heavy (non-hydrogen) atoms. The summed E-state index contributed by atoms with van der Waals surface area (Å²) < 4.78 is 0. The number of nitrogens with one attached hydrogen (secondary N) is 1. The summed E-state index contributed by atoms with van der Waals surface area (Å²) in [5, 5.41) is 3.59. The predicted octanol–water partition coefficient (Wildman–Crippen LogP) is 2.35. The van der Waals surface area contributed by atoms with Gasteiger partial charge in [-0.3, -0.25) is 0 Å². The maximum absolute atomic E-state index is 4.51. The van der Waals surface area contributed by atoms with Crippen LogP contribution < -0.4 is 10.2 Å². The lowest BCUT2D eigenvalue weighted by molar-refractivity contribution is 0.411. The Balaban J connectivity index is 2.24. The molecule has 0 spiro atoms. The van der Waals surface area contributed by atoms with E-state index in [0.717, 1.165) is 18.9 Å². The molecule has 3 nitrogen and oxygen atoms in total. The molecule has 3 heteroatoms. The third-order valence-corrected chi connectivity index (χ3v) is 3.34. The second-order valence-corrected chi connectivity index (χ2v) is 4.43. The van der Waals surface area contributed by atoms with Crippen LogP contribution in [0.25, 0.3) is 0 Å². The number of nitrogens with zero attached hydrogens (tertiary/aromatic N) is 2. The van der Waals surface area contributed by atoms with Crippen molar-refractivity contribution in [2.75, 3.05) is 25.0 Å². The third-order valence-electron chi connectivity index (χ3n) is 3.34. The molecule has 1 unspecified atom stereocenters. The first kappa shape index (κ1) is 11.4. The van der Waals surface area contributed by atoms with E-state index in [9.17, 15) is 0 Å². The molecule has 1 aromatic heterocycles. The van der Waals surface area contributed by atoms with Gasteiger partial charge in [-0.1, -0.05) is 12.5 Å². The molecule has 1 fully saturated rings. The van der Waals surface area contributed by atoms with Crippen molar-refractivity contribution in [3.8, 4) is 0 Å². The second kappa shape index (κ2) is 5.30. The molecule has 1 aromatic rings. The number of anilines is 1. The highest BCUT2D eigenvalue weighted by molar-refractivity contribution is 5.47. The van der Waals surface area contributed by atoms with Crippen molar-refractivity contribution >= 4 is 5.82 Å². The lowest BCUT2D eigenvalue weighted by Crippen LogP contribution is -2.29. The SMILES string of the molecule is CCN(C)c1ncccc1C1CCCCN1. The van der Waals surface area contributed by atoms with Gasteiger partial charge >= 0.3 is 0 Å². The normalized spacial score (nSPS) is 20.8. The Kier molecular flexibility index (Phi) is 3.78. The molecule has 0 aliphatic carbocycles. The van der Waals surface area contributed by atoms with Crippen molar-refractivity contribution in [2.24, 2.45) is 0 Å². The van der Waals surface area contributed by atoms with E-state index in [1.165, 1.54) is 24.8 Å². The fourth-order valence-electron chi connectivity index (χ4n) is 2.27. The van der Waals surface area contributed by atoms with Crippen molar-refractivity contribution in [2.45, 2.75) is 32.2 Å². The topological polar surface area (TPSA) is 28.2 Å². The first-order valence-electron chi connectivity index (χ1n) is 6.22. The van der Waals surface area contributed by atoms with Gasteiger partial charge in [-0.15, -0.1) is 0 Å². The summed E-state index contributed by atoms with van der Waals surface area (Å²) >= 11 is 0. The Bertz CT molecular complexity index is 332. The smallest absolute Gasteiger partial charge is 0.133 e. The van der Waals surface area contributed by atoms with Crippen molar-refractivity contribution in [1.82, 2.24) is 10.3 Å². The average Bonchev–Trinajstić information content (AvgIpc) is 2.39. The molecule has 0 radical (unpaired) electrons. The first-order valence-corrected chi connectivity index (χ1v) is 6.22. The van der Waals surface area contributed by atoms with Crippen LogP contribution in [0.5, 0.6) is 0 Å². The summed E-state index contributed by atoms with van der Waals surface area (Å²) in [5.41, 5.74) is 1.35. The van der Waals surface area contributed by atoms with Crippen molar-refractivity contribution in [3.05, 3.63) is 23.9 Å². The molecular formula is C13H21N3. The van der Waals surface area contributed by atoms with Crippen LogP contribution in [0.4, 0.5) is 5.82 Å². The fraction of sp³-hybridized carbons (Fsp3) is 0.615. The van der Waals surface area contributed by atoms with Gasteiger partial charge in [0.1, 0.15) is 5.82 Å². The van der Waals surface area contributed by atoms with Gasteiger partial charge in [0.15, 0.2) is 0 Å². The van der Waals surface area contributed by atoms with Crippen LogP contribution in [0.15, 0.2) is 18.3 Å². The summed E-state index contributed by atoms with van der Waals surface area (Å²) in [4.78, 5) is 6.72. The highest BCUT2D eigenvalue weighted by Gasteiger charge is 2.19. The van der Waals surface area contributed by atoms with Gasteiger partial charge in [0, 0.05) is 31.4 Å². The molecule has 2 heterocycles. The van der Waals surface area contributed by atoms with Crippen LogP contribution in [0.3, 0.4) is 0 Å². The van der Waals surface area contributed by atoms with Crippen molar-refractivity contribution in [1.29, 1.82) is 0 Å². The van der Waals surface area contributed by atoms with E-state index < -0.39 is 0 Å². The van der Waals surface area contributed by atoms with Crippen molar-refractivity contribution in [3.63, 3.8) is 0 Å². The van der Waals surface area contributed by atoms with Crippen LogP contribution in [-0.2, 0) is 0 Å². The molecule has 1 saturated heterocycles. The minimum Gasteiger partial charge on any atom is -0.360 e. The molecular weight excluding hydrogens is 198 g/mol. The van der Waals surface area contributed by atoms with Gasteiger partial charge in [-0.05, 0) is 32.4 Å². The fourth-order valence-corrected chi connectivity index (χ4v) is 2.27. The van der Waals surface area contributed by atoms with Gasteiger partial charge in [0.05, 0.1) is 0 Å². The number of rotatable bonds is 3. The monoisotopic (exact) mass is 219 g/mol. The Labute approximate surface area is 97.9 Å². The number of aromatic nitrogens is 1. The largest absolute Gasteiger partial charge is 0.360 e. The van der Waals surface area contributed by atoms with Crippen LogP contribution in [0, 0.1) is 0 Å². The molecule has 1 aliphatic heterocycles. The average molecular weight is 219 g/mol. The van der Waals surface area contributed by atoms with Gasteiger partial charge in [-0.25, -0.2) is 4.98 Å². The minimum absolute atomic E-state index is 0.492. The Morgan fingerprint density at radius 1 is 1.50 bits per heavy atom. The zero-order chi connectivity index (χ0) is 11.4. The van der Waals surface area contributed by atoms with E-state index in [1.54, 1.807) is 0 Å². The highest BCUT2D eigenvalue weighted by Crippen LogP contribution is 2.28. The molecule has 1 N–H and O–H groups in total. The van der Waals surface area contributed by atoms with Crippen molar-refractivity contribution < 1.29 is 0 Å². The van der Waals surface area contributed by atoms with E-state index in [4.69, 9.17) is 0 Å². The summed E-state index contributed by atoms with van der Waals surface area (Å²) in [6.45, 7) is 4.29. The van der Waals surface area contributed by atoms with E-state index in [2.05, 4.69) is 35.2 Å². The summed E-state index contributed by atoms with van der Waals surface area (Å²) in [7, 11) is 2.11. The third kappa shape index (κ3) is 2.35. The molecule has 1 atom stereocenters.